The molecular weight excluding hydrogens is 210 g/mol. The monoisotopic (exact) mass is 230 g/mol. The quantitative estimate of drug-likeness (QED) is 0.758. The highest BCUT2D eigenvalue weighted by Crippen LogP contribution is 2.07. The molecule has 0 spiro atoms. The zero-order valence-electron chi connectivity index (χ0n) is 10.3. The predicted octanol–water partition coefficient (Wildman–Crippen LogP) is 0.820. The maximum atomic E-state index is 11.3. The molecule has 1 amide bonds. The van der Waals surface area contributed by atoms with Gasteiger partial charge >= 0.3 is 6.09 Å². The smallest absolute Gasteiger partial charge is 0.408 e. The van der Waals surface area contributed by atoms with Crippen molar-refractivity contribution in [3.8, 4) is 0 Å². The summed E-state index contributed by atoms with van der Waals surface area (Å²) in [5.74, 6) is -1.28. The van der Waals surface area contributed by atoms with E-state index in [9.17, 15) is 14.7 Å². The predicted molar refractivity (Wildman–Crippen MR) is 57.7 cm³/mol. The second-order valence-corrected chi connectivity index (χ2v) is 4.66. The minimum absolute atomic E-state index is 0.359. The largest absolute Gasteiger partial charge is 0.548 e. The number of hydrogen-bond donors (Lipinski definition) is 1. The van der Waals surface area contributed by atoms with Gasteiger partial charge in [0.15, 0.2) is 0 Å². The van der Waals surface area contributed by atoms with E-state index in [2.05, 4.69) is 5.32 Å². The Kier molecular flexibility index (Phi) is 5.85. The molecule has 0 rings (SSSR count). The van der Waals surface area contributed by atoms with Crippen molar-refractivity contribution in [2.24, 2.45) is 0 Å². The van der Waals surface area contributed by atoms with Crippen molar-refractivity contribution < 1.29 is 19.4 Å². The van der Waals surface area contributed by atoms with E-state index >= 15 is 0 Å². The van der Waals surface area contributed by atoms with Gasteiger partial charge < -0.3 is 20.0 Å². The van der Waals surface area contributed by atoms with E-state index in [1.165, 1.54) is 0 Å². The Balaban J connectivity index is 4.19. The molecular formula is C11H20NO4-. The molecule has 5 nitrogen and oxygen atoms in total. The molecule has 1 N–H and O–H groups in total. The third kappa shape index (κ3) is 7.09. The Morgan fingerprint density at radius 2 is 1.94 bits per heavy atom. The van der Waals surface area contributed by atoms with Crippen molar-refractivity contribution in [1.82, 2.24) is 5.32 Å². The number of carbonyl (C=O) groups excluding carboxylic acids is 2. The summed E-state index contributed by atoms with van der Waals surface area (Å²) in [6.45, 7) is 7.09. The van der Waals surface area contributed by atoms with Gasteiger partial charge in [-0.1, -0.05) is 19.8 Å². The lowest BCUT2D eigenvalue weighted by Crippen LogP contribution is -2.49. The highest BCUT2D eigenvalue weighted by Gasteiger charge is 2.19. The van der Waals surface area contributed by atoms with Crippen LogP contribution in [0.5, 0.6) is 0 Å². The first-order chi connectivity index (χ1) is 7.26. The lowest BCUT2D eigenvalue weighted by atomic mass is 10.1. The van der Waals surface area contributed by atoms with Crippen molar-refractivity contribution >= 4 is 12.1 Å². The van der Waals surface area contributed by atoms with Crippen LogP contribution in [-0.4, -0.2) is 23.7 Å². The average Bonchev–Trinajstić information content (AvgIpc) is 2.08. The molecule has 0 saturated heterocycles. The second-order valence-electron chi connectivity index (χ2n) is 4.66. The van der Waals surface area contributed by atoms with Crippen LogP contribution in [0, 0.1) is 0 Å². The van der Waals surface area contributed by atoms with Gasteiger partial charge in [0.2, 0.25) is 0 Å². The maximum absolute atomic E-state index is 11.3. The minimum atomic E-state index is -1.28. The Bertz CT molecular complexity index is 245. The molecule has 0 aromatic rings. The van der Waals surface area contributed by atoms with Gasteiger partial charge in [-0.25, -0.2) is 4.79 Å². The Hall–Kier alpha value is -1.26. The molecule has 5 heteroatoms. The van der Waals surface area contributed by atoms with E-state index in [-0.39, 0.29) is 0 Å². The fourth-order valence-electron chi connectivity index (χ4n) is 1.11. The van der Waals surface area contributed by atoms with Crippen molar-refractivity contribution in [2.75, 3.05) is 0 Å². The molecule has 0 aliphatic carbocycles. The Morgan fingerprint density at radius 3 is 2.31 bits per heavy atom. The SMILES string of the molecule is CCCC[C@H](NC(=O)OC(C)(C)C)C(=O)[O-]. The highest BCUT2D eigenvalue weighted by molar-refractivity contribution is 5.78. The first-order valence-electron chi connectivity index (χ1n) is 5.46. The zero-order chi connectivity index (χ0) is 12.8. The van der Waals surface area contributed by atoms with Crippen molar-refractivity contribution in [2.45, 2.75) is 58.6 Å². The molecule has 0 heterocycles. The summed E-state index contributed by atoms with van der Waals surface area (Å²) >= 11 is 0. The van der Waals surface area contributed by atoms with Crippen LogP contribution in [0.15, 0.2) is 0 Å². The van der Waals surface area contributed by atoms with Crippen LogP contribution < -0.4 is 10.4 Å². The van der Waals surface area contributed by atoms with Crippen molar-refractivity contribution in [1.29, 1.82) is 0 Å². The van der Waals surface area contributed by atoms with Gasteiger partial charge in [-0.05, 0) is 27.2 Å². The first-order valence-corrected chi connectivity index (χ1v) is 5.46. The van der Waals surface area contributed by atoms with E-state index in [1.807, 2.05) is 6.92 Å². The van der Waals surface area contributed by atoms with Crippen molar-refractivity contribution in [3.63, 3.8) is 0 Å². The molecule has 0 saturated carbocycles. The number of nitrogens with one attached hydrogen (secondary N) is 1. The number of hydrogen-bond acceptors (Lipinski definition) is 4. The molecule has 1 atom stereocenters. The number of unbranched alkanes of at least 4 members (excludes halogenated alkanes) is 1. The maximum Gasteiger partial charge on any atom is 0.408 e. The number of carbonyl (C=O) groups is 2. The topological polar surface area (TPSA) is 78.5 Å². The molecule has 0 aliphatic rings. The molecule has 0 unspecified atom stereocenters. The molecule has 0 aliphatic heterocycles. The van der Waals surface area contributed by atoms with E-state index in [1.54, 1.807) is 20.8 Å². The summed E-state index contributed by atoms with van der Waals surface area (Å²) in [5, 5.41) is 13.0. The van der Waals surface area contributed by atoms with Crippen LogP contribution >= 0.6 is 0 Å². The van der Waals surface area contributed by atoms with E-state index in [4.69, 9.17) is 4.74 Å². The molecule has 0 fully saturated rings. The fraction of sp³-hybridized carbons (Fsp3) is 0.818. The van der Waals surface area contributed by atoms with Gasteiger partial charge in [0.25, 0.3) is 0 Å². The van der Waals surface area contributed by atoms with Gasteiger partial charge in [0.05, 0.1) is 12.0 Å². The number of carboxylic acids is 1. The molecule has 0 radical (unpaired) electrons. The van der Waals surface area contributed by atoms with E-state index in [0.29, 0.717) is 12.8 Å². The van der Waals surface area contributed by atoms with Crippen LogP contribution in [0.25, 0.3) is 0 Å². The summed E-state index contributed by atoms with van der Waals surface area (Å²) in [7, 11) is 0. The van der Waals surface area contributed by atoms with Crippen molar-refractivity contribution in [3.05, 3.63) is 0 Å². The number of alkyl carbamates (subject to hydrolysis) is 1. The fourth-order valence-corrected chi connectivity index (χ4v) is 1.11. The normalized spacial score (nSPS) is 13.0. The summed E-state index contributed by atoms with van der Waals surface area (Å²) in [6, 6.07) is -0.977. The molecule has 0 bridgehead atoms. The molecule has 0 aromatic carbocycles. The third-order valence-corrected chi connectivity index (χ3v) is 1.82. The van der Waals surface area contributed by atoms with Crippen LogP contribution in [-0.2, 0) is 9.53 Å². The Labute approximate surface area is 96.2 Å². The van der Waals surface area contributed by atoms with Gasteiger partial charge in [-0.3, -0.25) is 0 Å². The molecule has 94 valence electrons. The number of carboxylic acid groups (broad SMARTS) is 1. The van der Waals surface area contributed by atoms with E-state index in [0.717, 1.165) is 6.42 Å². The van der Waals surface area contributed by atoms with E-state index < -0.39 is 23.7 Å². The average molecular weight is 230 g/mol. The van der Waals surface area contributed by atoms with Gasteiger partial charge in [0, 0.05) is 0 Å². The minimum Gasteiger partial charge on any atom is -0.548 e. The summed E-state index contributed by atoms with van der Waals surface area (Å²) in [5.41, 5.74) is -0.634. The number of amides is 1. The van der Waals surface area contributed by atoms with Crippen LogP contribution in [0.2, 0.25) is 0 Å². The summed E-state index contributed by atoms with van der Waals surface area (Å²) in [6.07, 6.45) is 1.21. The third-order valence-electron chi connectivity index (χ3n) is 1.82. The lowest BCUT2D eigenvalue weighted by molar-refractivity contribution is -0.308. The summed E-state index contributed by atoms with van der Waals surface area (Å²) < 4.78 is 4.96. The van der Waals surface area contributed by atoms with Crippen LogP contribution in [0.4, 0.5) is 4.79 Å². The standard InChI is InChI=1S/C11H21NO4/c1-5-6-7-8(9(13)14)12-10(15)16-11(2,3)4/h8H,5-7H2,1-4H3,(H,12,15)(H,13,14)/p-1/t8-/m0/s1. The zero-order valence-corrected chi connectivity index (χ0v) is 10.3. The number of rotatable bonds is 5. The van der Waals surface area contributed by atoms with Gasteiger partial charge in [0.1, 0.15) is 5.60 Å². The number of aliphatic carboxylic acids is 1. The van der Waals surface area contributed by atoms with Gasteiger partial charge in [-0.15, -0.1) is 0 Å². The lowest BCUT2D eigenvalue weighted by Gasteiger charge is -2.24. The molecule has 16 heavy (non-hydrogen) atoms. The van der Waals surface area contributed by atoms with Crippen LogP contribution in [0.3, 0.4) is 0 Å². The number of ether oxygens (including phenoxy) is 1. The second kappa shape index (κ2) is 6.35. The van der Waals surface area contributed by atoms with Gasteiger partial charge in [-0.2, -0.15) is 0 Å². The van der Waals surface area contributed by atoms with Crippen LogP contribution in [0.1, 0.15) is 47.0 Å². The Morgan fingerprint density at radius 1 is 1.38 bits per heavy atom. The summed E-state index contributed by atoms with van der Waals surface area (Å²) in [4.78, 5) is 22.0. The first kappa shape index (κ1) is 14.7. The molecule has 0 aromatic heterocycles. The highest BCUT2D eigenvalue weighted by atomic mass is 16.6.